The Labute approximate surface area is 95.6 Å². The molecule has 1 aliphatic heterocycles. The fourth-order valence-electron chi connectivity index (χ4n) is 1.97. The fourth-order valence-corrected chi connectivity index (χ4v) is 1.97. The van der Waals surface area contributed by atoms with Crippen LogP contribution in [0.4, 0.5) is 10.1 Å². The minimum absolute atomic E-state index is 0.195. The highest BCUT2D eigenvalue weighted by Gasteiger charge is 2.16. The van der Waals surface area contributed by atoms with Gasteiger partial charge in [-0.15, -0.1) is 0 Å². The number of halogens is 1. The van der Waals surface area contributed by atoms with Crippen molar-refractivity contribution < 1.29 is 4.39 Å². The summed E-state index contributed by atoms with van der Waals surface area (Å²) >= 11 is 0. The lowest BCUT2D eigenvalue weighted by molar-refractivity contribution is 0.147. The van der Waals surface area contributed by atoms with Crippen LogP contribution in [0, 0.1) is 5.82 Å². The largest absolute Gasteiger partial charge is 0.398 e. The molecule has 0 atom stereocenters. The molecule has 1 saturated heterocycles. The van der Waals surface area contributed by atoms with E-state index in [1.54, 1.807) is 12.1 Å². The first-order chi connectivity index (χ1) is 7.66. The maximum atomic E-state index is 13.6. The smallest absolute Gasteiger partial charge is 0.129 e. The first-order valence-electron chi connectivity index (χ1n) is 5.60. The summed E-state index contributed by atoms with van der Waals surface area (Å²) in [7, 11) is 2.11. The van der Waals surface area contributed by atoms with E-state index in [1.807, 2.05) is 0 Å². The number of nitrogen functional groups attached to an aromatic ring is 1. The number of anilines is 1. The molecule has 2 rings (SSSR count). The maximum absolute atomic E-state index is 13.6. The molecule has 0 aliphatic carbocycles. The monoisotopic (exact) mass is 223 g/mol. The van der Waals surface area contributed by atoms with Gasteiger partial charge in [-0.2, -0.15) is 0 Å². The number of piperazine rings is 1. The van der Waals surface area contributed by atoms with E-state index in [0.717, 1.165) is 26.2 Å². The van der Waals surface area contributed by atoms with Gasteiger partial charge in [0.2, 0.25) is 0 Å². The van der Waals surface area contributed by atoms with Gasteiger partial charge in [-0.1, -0.05) is 6.07 Å². The Morgan fingerprint density at radius 1 is 1.25 bits per heavy atom. The molecule has 0 unspecified atom stereocenters. The number of nitrogens with two attached hydrogens (primary N) is 1. The molecule has 1 heterocycles. The van der Waals surface area contributed by atoms with E-state index < -0.39 is 0 Å². The van der Waals surface area contributed by atoms with Crippen molar-refractivity contribution in [2.75, 3.05) is 39.0 Å². The van der Waals surface area contributed by atoms with Gasteiger partial charge < -0.3 is 10.6 Å². The summed E-state index contributed by atoms with van der Waals surface area (Å²) < 4.78 is 13.6. The first-order valence-corrected chi connectivity index (χ1v) is 5.60. The molecular weight excluding hydrogens is 205 g/mol. The molecule has 2 N–H and O–H groups in total. The van der Waals surface area contributed by atoms with Crippen LogP contribution in [0.5, 0.6) is 0 Å². The van der Waals surface area contributed by atoms with Crippen molar-refractivity contribution in [2.45, 2.75) is 6.54 Å². The van der Waals surface area contributed by atoms with Crippen molar-refractivity contribution >= 4 is 5.69 Å². The van der Waals surface area contributed by atoms with Crippen molar-refractivity contribution in [2.24, 2.45) is 0 Å². The number of likely N-dealkylation sites (N-methyl/N-ethyl adjacent to an activating group) is 1. The molecule has 4 heteroatoms. The molecule has 1 aliphatic rings. The summed E-state index contributed by atoms with van der Waals surface area (Å²) in [5.74, 6) is -0.195. The highest BCUT2D eigenvalue weighted by Crippen LogP contribution is 2.18. The van der Waals surface area contributed by atoms with Gasteiger partial charge >= 0.3 is 0 Å². The van der Waals surface area contributed by atoms with Crippen LogP contribution >= 0.6 is 0 Å². The quantitative estimate of drug-likeness (QED) is 0.764. The molecule has 16 heavy (non-hydrogen) atoms. The Morgan fingerprint density at radius 2 is 1.94 bits per heavy atom. The van der Waals surface area contributed by atoms with E-state index in [2.05, 4.69) is 16.8 Å². The van der Waals surface area contributed by atoms with E-state index in [4.69, 9.17) is 5.73 Å². The lowest BCUT2D eigenvalue weighted by atomic mass is 10.1. The van der Waals surface area contributed by atoms with Gasteiger partial charge in [0.15, 0.2) is 0 Å². The Balaban J connectivity index is 2.04. The van der Waals surface area contributed by atoms with Gasteiger partial charge in [-0.3, -0.25) is 4.90 Å². The summed E-state index contributed by atoms with van der Waals surface area (Å²) in [6.07, 6.45) is 0. The molecule has 1 aromatic carbocycles. The lowest BCUT2D eigenvalue weighted by Gasteiger charge is -2.32. The van der Waals surface area contributed by atoms with Crippen molar-refractivity contribution in [1.29, 1.82) is 0 Å². The molecule has 1 fully saturated rings. The molecule has 0 aromatic heterocycles. The third-order valence-electron chi connectivity index (χ3n) is 3.13. The summed E-state index contributed by atoms with van der Waals surface area (Å²) in [5.41, 5.74) is 6.97. The van der Waals surface area contributed by atoms with Gasteiger partial charge in [0.1, 0.15) is 5.82 Å². The number of rotatable bonds is 2. The normalized spacial score (nSPS) is 18.9. The van der Waals surface area contributed by atoms with E-state index in [1.165, 1.54) is 6.07 Å². The summed E-state index contributed by atoms with van der Waals surface area (Å²) in [6, 6.07) is 4.88. The van der Waals surface area contributed by atoms with Crippen molar-refractivity contribution in [1.82, 2.24) is 9.80 Å². The molecule has 0 bridgehead atoms. The predicted octanol–water partition coefficient (Wildman–Crippen LogP) is 1.16. The Morgan fingerprint density at radius 3 is 2.56 bits per heavy atom. The fraction of sp³-hybridized carbons (Fsp3) is 0.500. The minimum Gasteiger partial charge on any atom is -0.398 e. The van der Waals surface area contributed by atoms with Gasteiger partial charge in [0.05, 0.1) is 0 Å². The second-order valence-electron chi connectivity index (χ2n) is 4.39. The van der Waals surface area contributed by atoms with Crippen LogP contribution in [0.15, 0.2) is 18.2 Å². The van der Waals surface area contributed by atoms with Crippen molar-refractivity contribution in [3.8, 4) is 0 Å². The second kappa shape index (κ2) is 4.80. The van der Waals surface area contributed by atoms with Gasteiger partial charge in [0.25, 0.3) is 0 Å². The van der Waals surface area contributed by atoms with Crippen LogP contribution in [0.3, 0.4) is 0 Å². The van der Waals surface area contributed by atoms with Crippen LogP contribution < -0.4 is 5.73 Å². The molecule has 88 valence electrons. The number of nitrogens with zero attached hydrogens (tertiary/aromatic N) is 2. The third kappa shape index (κ3) is 2.51. The molecule has 0 saturated carbocycles. The molecule has 0 spiro atoms. The van der Waals surface area contributed by atoms with Crippen LogP contribution in [0.1, 0.15) is 5.56 Å². The summed E-state index contributed by atoms with van der Waals surface area (Å²) in [5, 5.41) is 0. The van der Waals surface area contributed by atoms with E-state index in [-0.39, 0.29) is 5.82 Å². The molecule has 3 nitrogen and oxygen atoms in total. The maximum Gasteiger partial charge on any atom is 0.129 e. The highest BCUT2D eigenvalue weighted by molar-refractivity contribution is 5.47. The van der Waals surface area contributed by atoms with Crippen LogP contribution in [-0.4, -0.2) is 43.0 Å². The van der Waals surface area contributed by atoms with E-state index >= 15 is 0 Å². The van der Waals surface area contributed by atoms with Crippen LogP contribution in [-0.2, 0) is 6.54 Å². The van der Waals surface area contributed by atoms with Gasteiger partial charge in [-0.05, 0) is 19.2 Å². The zero-order chi connectivity index (χ0) is 11.5. The molecule has 0 amide bonds. The first kappa shape index (κ1) is 11.4. The van der Waals surface area contributed by atoms with Gasteiger partial charge in [-0.25, -0.2) is 4.39 Å². The average Bonchev–Trinajstić information content (AvgIpc) is 2.26. The van der Waals surface area contributed by atoms with E-state index in [9.17, 15) is 4.39 Å². The zero-order valence-corrected chi connectivity index (χ0v) is 9.62. The van der Waals surface area contributed by atoms with Gasteiger partial charge in [0, 0.05) is 44.0 Å². The van der Waals surface area contributed by atoms with Crippen LogP contribution in [0.2, 0.25) is 0 Å². The lowest BCUT2D eigenvalue weighted by Crippen LogP contribution is -2.44. The molecule has 1 aromatic rings. The standard InChI is InChI=1S/C12H18FN3/c1-15-5-7-16(8-6-15)9-10-11(13)3-2-4-12(10)14/h2-4H,5-9,14H2,1H3. The second-order valence-corrected chi connectivity index (χ2v) is 4.39. The Kier molecular flexibility index (Phi) is 3.41. The van der Waals surface area contributed by atoms with E-state index in [0.29, 0.717) is 17.8 Å². The topological polar surface area (TPSA) is 32.5 Å². The SMILES string of the molecule is CN1CCN(Cc2c(N)cccc2F)CC1. The Bertz CT molecular complexity index is 339. The predicted molar refractivity (Wildman–Crippen MR) is 63.6 cm³/mol. The number of hydrogen-bond donors (Lipinski definition) is 1. The summed E-state index contributed by atoms with van der Waals surface area (Å²) in [6.45, 7) is 4.64. The minimum atomic E-state index is -0.195. The van der Waals surface area contributed by atoms with Crippen molar-refractivity contribution in [3.63, 3.8) is 0 Å². The molecular formula is C12H18FN3. The molecule has 0 radical (unpaired) electrons. The third-order valence-corrected chi connectivity index (χ3v) is 3.13. The zero-order valence-electron chi connectivity index (χ0n) is 9.62. The summed E-state index contributed by atoms with van der Waals surface area (Å²) in [4.78, 5) is 4.52. The van der Waals surface area contributed by atoms with Crippen LogP contribution in [0.25, 0.3) is 0 Å². The van der Waals surface area contributed by atoms with Crippen molar-refractivity contribution in [3.05, 3.63) is 29.6 Å². The number of hydrogen-bond acceptors (Lipinski definition) is 3. The number of benzene rings is 1. The Hall–Kier alpha value is -1.13. The average molecular weight is 223 g/mol. The highest BCUT2D eigenvalue weighted by atomic mass is 19.1.